The third-order valence-electron chi connectivity index (χ3n) is 3.07. The molecule has 1 N–H and O–H groups in total. The molecule has 0 bridgehead atoms. The van der Waals surface area contributed by atoms with Crippen LogP contribution in [0, 0.1) is 0 Å². The van der Waals surface area contributed by atoms with E-state index in [1.807, 2.05) is 30.3 Å². The van der Waals surface area contributed by atoms with Crippen molar-refractivity contribution in [3.8, 4) is 11.3 Å². The van der Waals surface area contributed by atoms with Crippen molar-refractivity contribution in [2.24, 2.45) is 0 Å². The molecular formula is C15H16N4O2. The Bertz CT molecular complexity index is 725. The van der Waals surface area contributed by atoms with Crippen molar-refractivity contribution in [1.82, 2.24) is 20.0 Å². The highest BCUT2D eigenvalue weighted by Crippen LogP contribution is 2.20. The van der Waals surface area contributed by atoms with Crippen LogP contribution >= 0.6 is 0 Å². The lowest BCUT2D eigenvalue weighted by atomic mass is 10.1. The Morgan fingerprint density at radius 2 is 2.00 bits per heavy atom. The van der Waals surface area contributed by atoms with Gasteiger partial charge in [-0.15, -0.1) is 5.10 Å². The van der Waals surface area contributed by atoms with Gasteiger partial charge in [0.2, 0.25) is 5.89 Å². The molecule has 0 saturated heterocycles. The van der Waals surface area contributed by atoms with Gasteiger partial charge in [0.15, 0.2) is 5.76 Å². The maximum Gasteiger partial charge on any atom is 0.216 e. The lowest BCUT2D eigenvalue weighted by Crippen LogP contribution is -2.15. The standard InChI is InChI=1S/C15H16N4O2/c1-15(2,20)13-9-19(18-17-13)10-14-16-8-12(21-14)11-6-4-3-5-7-11/h3-9,20H,10H2,1-2H3. The van der Waals surface area contributed by atoms with Gasteiger partial charge in [-0.1, -0.05) is 35.5 Å². The SMILES string of the molecule is CC(C)(O)c1cn(Cc2ncc(-c3ccccc3)o2)nn1. The van der Waals surface area contributed by atoms with E-state index in [1.54, 1.807) is 30.9 Å². The first-order valence-corrected chi connectivity index (χ1v) is 6.65. The van der Waals surface area contributed by atoms with E-state index in [0.29, 0.717) is 23.9 Å². The first-order chi connectivity index (χ1) is 10.0. The van der Waals surface area contributed by atoms with Crippen molar-refractivity contribution in [2.45, 2.75) is 26.0 Å². The molecule has 6 heteroatoms. The average Bonchev–Trinajstić information content (AvgIpc) is 3.09. The number of nitrogens with zero attached hydrogens (tertiary/aromatic N) is 4. The molecule has 108 valence electrons. The zero-order valence-electron chi connectivity index (χ0n) is 11.9. The minimum atomic E-state index is -1.01. The second-order valence-electron chi connectivity index (χ2n) is 5.34. The highest BCUT2D eigenvalue weighted by Gasteiger charge is 2.20. The van der Waals surface area contributed by atoms with E-state index in [1.165, 1.54) is 0 Å². The summed E-state index contributed by atoms with van der Waals surface area (Å²) < 4.78 is 7.30. The fraction of sp³-hybridized carbons (Fsp3) is 0.267. The van der Waals surface area contributed by atoms with Gasteiger partial charge in [-0.3, -0.25) is 0 Å². The minimum Gasteiger partial charge on any atom is -0.439 e. The van der Waals surface area contributed by atoms with Crippen LogP contribution in [0.4, 0.5) is 0 Å². The van der Waals surface area contributed by atoms with E-state index in [0.717, 1.165) is 5.56 Å². The number of benzene rings is 1. The second kappa shape index (κ2) is 5.14. The Balaban J connectivity index is 1.77. The summed E-state index contributed by atoms with van der Waals surface area (Å²) in [5.41, 5.74) is 0.480. The summed E-state index contributed by atoms with van der Waals surface area (Å²) in [7, 11) is 0. The molecule has 6 nitrogen and oxygen atoms in total. The molecule has 0 aliphatic carbocycles. The number of oxazole rings is 1. The average molecular weight is 284 g/mol. The van der Waals surface area contributed by atoms with Crippen molar-refractivity contribution >= 4 is 0 Å². The van der Waals surface area contributed by atoms with Crippen LogP contribution in [0.25, 0.3) is 11.3 Å². The van der Waals surface area contributed by atoms with Gasteiger partial charge in [-0.25, -0.2) is 9.67 Å². The number of aromatic nitrogens is 4. The fourth-order valence-corrected chi connectivity index (χ4v) is 1.91. The quantitative estimate of drug-likeness (QED) is 0.794. The summed E-state index contributed by atoms with van der Waals surface area (Å²) in [6.45, 7) is 3.70. The smallest absolute Gasteiger partial charge is 0.216 e. The molecule has 0 amide bonds. The molecule has 3 aromatic rings. The maximum absolute atomic E-state index is 9.87. The molecule has 0 spiro atoms. The number of hydrogen-bond donors (Lipinski definition) is 1. The van der Waals surface area contributed by atoms with Crippen molar-refractivity contribution in [1.29, 1.82) is 0 Å². The van der Waals surface area contributed by atoms with Crippen LogP contribution in [-0.2, 0) is 12.1 Å². The molecule has 2 aromatic heterocycles. The van der Waals surface area contributed by atoms with Gasteiger partial charge in [-0.2, -0.15) is 0 Å². The largest absolute Gasteiger partial charge is 0.439 e. The molecule has 2 heterocycles. The van der Waals surface area contributed by atoms with Crippen LogP contribution in [0.5, 0.6) is 0 Å². The highest BCUT2D eigenvalue weighted by molar-refractivity contribution is 5.55. The topological polar surface area (TPSA) is 77.0 Å². The maximum atomic E-state index is 9.87. The Morgan fingerprint density at radius 3 is 2.67 bits per heavy atom. The third kappa shape index (κ3) is 3.00. The summed E-state index contributed by atoms with van der Waals surface area (Å²) in [5.74, 6) is 1.26. The minimum absolute atomic E-state index is 0.371. The Labute approximate surface area is 122 Å². The van der Waals surface area contributed by atoms with E-state index in [2.05, 4.69) is 15.3 Å². The highest BCUT2D eigenvalue weighted by atomic mass is 16.4. The van der Waals surface area contributed by atoms with Crippen molar-refractivity contribution < 1.29 is 9.52 Å². The fourth-order valence-electron chi connectivity index (χ4n) is 1.91. The summed E-state index contributed by atoms with van der Waals surface area (Å²) in [4.78, 5) is 4.24. The van der Waals surface area contributed by atoms with Crippen molar-refractivity contribution in [3.63, 3.8) is 0 Å². The van der Waals surface area contributed by atoms with Crippen LogP contribution in [0.1, 0.15) is 25.4 Å². The molecule has 0 radical (unpaired) electrons. The van der Waals surface area contributed by atoms with E-state index in [-0.39, 0.29) is 0 Å². The van der Waals surface area contributed by atoms with Crippen LogP contribution < -0.4 is 0 Å². The zero-order chi connectivity index (χ0) is 14.9. The molecule has 1 aromatic carbocycles. The summed E-state index contributed by atoms with van der Waals surface area (Å²) >= 11 is 0. The van der Waals surface area contributed by atoms with Crippen LogP contribution in [0.3, 0.4) is 0 Å². The molecule has 0 saturated carbocycles. The van der Waals surface area contributed by atoms with E-state index in [4.69, 9.17) is 4.42 Å². The molecule has 0 unspecified atom stereocenters. The molecule has 21 heavy (non-hydrogen) atoms. The van der Waals surface area contributed by atoms with E-state index >= 15 is 0 Å². The Kier molecular flexibility index (Phi) is 3.31. The van der Waals surface area contributed by atoms with Crippen LogP contribution in [0.15, 0.2) is 47.1 Å². The Morgan fingerprint density at radius 1 is 1.24 bits per heavy atom. The van der Waals surface area contributed by atoms with Crippen LogP contribution in [0.2, 0.25) is 0 Å². The van der Waals surface area contributed by atoms with E-state index < -0.39 is 5.60 Å². The third-order valence-corrected chi connectivity index (χ3v) is 3.07. The number of rotatable bonds is 4. The van der Waals surface area contributed by atoms with Crippen molar-refractivity contribution in [3.05, 3.63) is 54.3 Å². The first-order valence-electron chi connectivity index (χ1n) is 6.65. The first kappa shape index (κ1) is 13.5. The van der Waals surface area contributed by atoms with Crippen LogP contribution in [-0.4, -0.2) is 25.1 Å². The lowest BCUT2D eigenvalue weighted by molar-refractivity contribution is 0.0737. The zero-order valence-corrected chi connectivity index (χ0v) is 11.9. The summed E-state index contributed by atoms with van der Waals surface area (Å²) in [6.07, 6.45) is 3.38. The van der Waals surface area contributed by atoms with Gasteiger partial charge in [0.1, 0.15) is 17.8 Å². The predicted molar refractivity (Wildman–Crippen MR) is 76.3 cm³/mol. The molecule has 0 aliphatic rings. The Hall–Kier alpha value is -2.47. The second-order valence-corrected chi connectivity index (χ2v) is 5.34. The van der Waals surface area contributed by atoms with Gasteiger partial charge in [0.25, 0.3) is 0 Å². The number of hydrogen-bond acceptors (Lipinski definition) is 5. The molecule has 0 fully saturated rings. The molecule has 3 rings (SSSR count). The van der Waals surface area contributed by atoms with Gasteiger partial charge in [-0.05, 0) is 13.8 Å². The molecule has 0 aliphatic heterocycles. The van der Waals surface area contributed by atoms with Crippen molar-refractivity contribution in [2.75, 3.05) is 0 Å². The summed E-state index contributed by atoms with van der Waals surface area (Å²) in [5, 5.41) is 17.8. The monoisotopic (exact) mass is 284 g/mol. The predicted octanol–water partition coefficient (Wildman–Crippen LogP) is 2.21. The summed E-state index contributed by atoms with van der Waals surface area (Å²) in [6, 6.07) is 9.78. The van der Waals surface area contributed by atoms with Gasteiger partial charge in [0.05, 0.1) is 12.4 Å². The van der Waals surface area contributed by atoms with Gasteiger partial charge in [0, 0.05) is 5.56 Å². The number of aliphatic hydroxyl groups is 1. The van der Waals surface area contributed by atoms with E-state index in [9.17, 15) is 5.11 Å². The van der Waals surface area contributed by atoms with Gasteiger partial charge < -0.3 is 9.52 Å². The molecule has 0 atom stereocenters. The normalized spacial score (nSPS) is 11.8. The molecular weight excluding hydrogens is 268 g/mol. The van der Waals surface area contributed by atoms with Gasteiger partial charge >= 0.3 is 0 Å². The lowest BCUT2D eigenvalue weighted by Gasteiger charge is -2.11.